The Morgan fingerprint density at radius 2 is 1.97 bits per heavy atom. The minimum atomic E-state index is -0.744. The van der Waals surface area contributed by atoms with Crippen molar-refractivity contribution in [1.29, 1.82) is 0 Å². The molecule has 9 nitrogen and oxygen atoms in total. The first-order valence-corrected chi connectivity index (χ1v) is 9.59. The molecule has 29 heavy (non-hydrogen) atoms. The van der Waals surface area contributed by atoms with Gasteiger partial charge in [0.1, 0.15) is 5.58 Å². The predicted octanol–water partition coefficient (Wildman–Crippen LogP) is 2.90. The average Bonchev–Trinajstić information content (AvgIpc) is 3.28. The van der Waals surface area contributed by atoms with Crippen molar-refractivity contribution in [1.82, 2.24) is 20.2 Å². The molecule has 3 aromatic heterocycles. The Balaban J connectivity index is 1.68. The SMILES string of the molecule is Cc1[nH]nc(C(N)=O)c1NC(=O)c1oc2ccccc2c1CSc1ncccn1. The van der Waals surface area contributed by atoms with Crippen molar-refractivity contribution in [2.75, 3.05) is 5.32 Å². The van der Waals surface area contributed by atoms with Crippen molar-refractivity contribution in [3.8, 4) is 0 Å². The quantitative estimate of drug-likeness (QED) is 0.329. The fourth-order valence-electron chi connectivity index (χ4n) is 2.85. The molecule has 3 heterocycles. The van der Waals surface area contributed by atoms with Crippen molar-refractivity contribution in [2.24, 2.45) is 5.73 Å². The van der Waals surface area contributed by atoms with Gasteiger partial charge in [-0.1, -0.05) is 30.0 Å². The summed E-state index contributed by atoms with van der Waals surface area (Å²) in [7, 11) is 0. The molecule has 0 unspecified atom stereocenters. The smallest absolute Gasteiger partial charge is 0.291 e. The van der Waals surface area contributed by atoms with E-state index in [0.717, 1.165) is 5.39 Å². The van der Waals surface area contributed by atoms with E-state index >= 15 is 0 Å². The zero-order valence-corrected chi connectivity index (χ0v) is 16.1. The third kappa shape index (κ3) is 3.69. The Hall–Kier alpha value is -3.66. The van der Waals surface area contributed by atoms with E-state index in [1.54, 1.807) is 31.5 Å². The first kappa shape index (κ1) is 18.7. The second-order valence-electron chi connectivity index (χ2n) is 6.12. The van der Waals surface area contributed by atoms with E-state index in [-0.39, 0.29) is 17.1 Å². The van der Waals surface area contributed by atoms with Crippen molar-refractivity contribution >= 4 is 40.2 Å². The molecule has 4 N–H and O–H groups in total. The van der Waals surface area contributed by atoms with Crippen molar-refractivity contribution in [3.05, 3.63) is 65.4 Å². The molecule has 1 aromatic carbocycles. The second-order valence-corrected chi connectivity index (χ2v) is 7.06. The van der Waals surface area contributed by atoms with Crippen LogP contribution < -0.4 is 11.1 Å². The molecule has 0 fully saturated rings. The lowest BCUT2D eigenvalue weighted by molar-refractivity contribution is 0.0996. The van der Waals surface area contributed by atoms with E-state index in [1.807, 2.05) is 18.2 Å². The Morgan fingerprint density at radius 3 is 2.72 bits per heavy atom. The third-order valence-corrected chi connectivity index (χ3v) is 5.11. The summed E-state index contributed by atoms with van der Waals surface area (Å²) in [6, 6.07) is 9.11. The summed E-state index contributed by atoms with van der Waals surface area (Å²) in [5, 5.41) is 10.6. The number of nitrogens with zero attached hydrogens (tertiary/aromatic N) is 3. The molecule has 2 amide bonds. The molecule has 0 aliphatic carbocycles. The highest BCUT2D eigenvalue weighted by Gasteiger charge is 2.24. The zero-order valence-electron chi connectivity index (χ0n) is 15.3. The summed E-state index contributed by atoms with van der Waals surface area (Å²) in [4.78, 5) is 33.0. The number of carbonyl (C=O) groups excluding carboxylic acids is 2. The number of aromatic nitrogens is 4. The van der Waals surface area contributed by atoms with Crippen LogP contribution in [-0.2, 0) is 5.75 Å². The number of fused-ring (bicyclic) bond motifs is 1. The van der Waals surface area contributed by atoms with E-state index in [1.165, 1.54) is 11.8 Å². The van der Waals surface area contributed by atoms with E-state index in [4.69, 9.17) is 10.2 Å². The third-order valence-electron chi connectivity index (χ3n) is 4.21. The topological polar surface area (TPSA) is 140 Å². The monoisotopic (exact) mass is 408 g/mol. The predicted molar refractivity (Wildman–Crippen MR) is 108 cm³/mol. The molecular formula is C19H16N6O3S. The normalized spacial score (nSPS) is 10.9. The van der Waals surface area contributed by atoms with Crippen LogP contribution in [0.1, 0.15) is 32.3 Å². The van der Waals surface area contributed by atoms with Crippen LogP contribution >= 0.6 is 11.8 Å². The van der Waals surface area contributed by atoms with Gasteiger partial charge < -0.3 is 15.5 Å². The van der Waals surface area contributed by atoms with Gasteiger partial charge in [0.2, 0.25) is 0 Å². The Morgan fingerprint density at radius 1 is 1.21 bits per heavy atom. The molecule has 4 aromatic rings. The van der Waals surface area contributed by atoms with Gasteiger partial charge in [0.15, 0.2) is 16.6 Å². The van der Waals surface area contributed by atoms with Gasteiger partial charge in [-0.05, 0) is 19.1 Å². The second kappa shape index (κ2) is 7.76. The first-order valence-electron chi connectivity index (χ1n) is 8.61. The number of hydrogen-bond acceptors (Lipinski definition) is 7. The highest BCUT2D eigenvalue weighted by atomic mass is 32.2. The summed E-state index contributed by atoms with van der Waals surface area (Å²) in [6.07, 6.45) is 3.31. The number of benzene rings is 1. The van der Waals surface area contributed by atoms with Gasteiger partial charge in [-0.15, -0.1) is 0 Å². The first-order chi connectivity index (χ1) is 14.0. The highest BCUT2D eigenvalue weighted by molar-refractivity contribution is 7.98. The number of aryl methyl sites for hydroxylation is 1. The van der Waals surface area contributed by atoms with E-state index in [9.17, 15) is 9.59 Å². The maximum atomic E-state index is 13.0. The highest BCUT2D eigenvalue weighted by Crippen LogP contribution is 2.31. The maximum absolute atomic E-state index is 13.0. The molecule has 0 radical (unpaired) electrons. The Labute approximate surface area is 169 Å². The van der Waals surface area contributed by atoms with Gasteiger partial charge in [0.05, 0.1) is 11.4 Å². The number of hydrogen-bond donors (Lipinski definition) is 3. The molecule has 146 valence electrons. The number of amides is 2. The molecule has 0 spiro atoms. The molecule has 0 atom stereocenters. The maximum Gasteiger partial charge on any atom is 0.291 e. The Kier molecular flexibility index (Phi) is 5.00. The summed E-state index contributed by atoms with van der Waals surface area (Å²) in [5.74, 6) is -0.675. The Bertz CT molecular complexity index is 1200. The van der Waals surface area contributed by atoms with Crippen LogP contribution in [0.2, 0.25) is 0 Å². The van der Waals surface area contributed by atoms with Crippen LogP contribution in [0.3, 0.4) is 0 Å². The van der Waals surface area contributed by atoms with Crippen LogP contribution in [0.4, 0.5) is 5.69 Å². The summed E-state index contributed by atoms with van der Waals surface area (Å²) < 4.78 is 5.83. The molecule has 0 aliphatic rings. The number of primary amides is 1. The van der Waals surface area contributed by atoms with Gasteiger partial charge in [-0.25, -0.2) is 9.97 Å². The van der Waals surface area contributed by atoms with Crippen LogP contribution in [0.5, 0.6) is 0 Å². The number of para-hydroxylation sites is 1. The summed E-state index contributed by atoms with van der Waals surface area (Å²) >= 11 is 1.39. The number of carbonyl (C=O) groups is 2. The van der Waals surface area contributed by atoms with Gasteiger partial charge in [-0.2, -0.15) is 5.10 Å². The minimum Gasteiger partial charge on any atom is -0.451 e. The lowest BCUT2D eigenvalue weighted by Gasteiger charge is -2.06. The van der Waals surface area contributed by atoms with Gasteiger partial charge in [0.25, 0.3) is 11.8 Å². The van der Waals surface area contributed by atoms with Gasteiger partial charge in [-0.3, -0.25) is 14.7 Å². The number of H-pyrrole nitrogens is 1. The van der Waals surface area contributed by atoms with E-state index < -0.39 is 11.8 Å². The number of nitrogens with one attached hydrogen (secondary N) is 2. The van der Waals surface area contributed by atoms with Gasteiger partial charge >= 0.3 is 0 Å². The fourth-order valence-corrected chi connectivity index (χ4v) is 3.68. The largest absolute Gasteiger partial charge is 0.451 e. The van der Waals surface area contributed by atoms with Crippen LogP contribution in [0, 0.1) is 6.92 Å². The number of thioether (sulfide) groups is 1. The number of rotatable bonds is 6. The van der Waals surface area contributed by atoms with Crippen LogP contribution in [0.15, 0.2) is 52.3 Å². The van der Waals surface area contributed by atoms with Crippen LogP contribution in [-0.4, -0.2) is 32.0 Å². The number of furan rings is 1. The number of anilines is 1. The number of aromatic amines is 1. The van der Waals surface area contributed by atoms with Gasteiger partial charge in [0, 0.05) is 29.1 Å². The van der Waals surface area contributed by atoms with Crippen molar-refractivity contribution in [2.45, 2.75) is 17.8 Å². The molecular weight excluding hydrogens is 392 g/mol. The molecule has 10 heteroatoms. The van der Waals surface area contributed by atoms with Crippen LogP contribution in [0.25, 0.3) is 11.0 Å². The molecule has 0 bridgehead atoms. The fraction of sp³-hybridized carbons (Fsp3) is 0.105. The average molecular weight is 408 g/mol. The van der Waals surface area contributed by atoms with Crippen molar-refractivity contribution in [3.63, 3.8) is 0 Å². The standard InChI is InChI=1S/C19H16N6O3S/c1-10-14(15(17(20)26)25-24-10)23-18(27)16-12(9-29-19-21-7-4-8-22-19)11-5-2-3-6-13(11)28-16/h2-8H,9H2,1H3,(H2,20,26)(H,23,27)(H,24,25). The minimum absolute atomic E-state index is 0.0411. The van der Waals surface area contributed by atoms with E-state index in [0.29, 0.717) is 27.7 Å². The molecule has 0 saturated heterocycles. The summed E-state index contributed by atoms with van der Waals surface area (Å²) in [6.45, 7) is 1.68. The lowest BCUT2D eigenvalue weighted by atomic mass is 10.1. The van der Waals surface area contributed by atoms with Crippen molar-refractivity contribution < 1.29 is 14.0 Å². The number of nitrogens with two attached hydrogens (primary N) is 1. The lowest BCUT2D eigenvalue weighted by Crippen LogP contribution is -2.18. The molecule has 0 aliphatic heterocycles. The molecule has 4 rings (SSSR count). The van der Waals surface area contributed by atoms with E-state index in [2.05, 4.69) is 25.5 Å². The summed E-state index contributed by atoms with van der Waals surface area (Å²) in [5.41, 5.74) is 7.32. The molecule has 0 saturated carbocycles. The zero-order chi connectivity index (χ0) is 20.4.